The number of carbonyl (C=O) groups is 3. The van der Waals surface area contributed by atoms with Crippen LogP contribution in [0.2, 0.25) is 0 Å². The fourth-order valence-electron chi connectivity index (χ4n) is 3.09. The molecule has 1 aromatic carbocycles. The third-order valence-electron chi connectivity index (χ3n) is 4.65. The molecule has 0 aromatic heterocycles. The minimum absolute atomic E-state index is 0.100. The molecule has 8 nitrogen and oxygen atoms in total. The quantitative estimate of drug-likeness (QED) is 0.374. The van der Waals surface area contributed by atoms with E-state index in [1.54, 1.807) is 34.6 Å². The minimum atomic E-state index is -0.912. The fraction of sp³-hybridized carbons (Fsp3) is 0.625. The second-order valence-corrected chi connectivity index (χ2v) is 9.76. The first-order chi connectivity index (χ1) is 14.8. The predicted molar refractivity (Wildman–Crippen MR) is 123 cm³/mol. The second-order valence-electron chi connectivity index (χ2n) is 9.76. The molecule has 0 spiro atoms. The molecule has 0 fully saturated rings. The van der Waals surface area contributed by atoms with Gasteiger partial charge in [0.2, 0.25) is 5.91 Å². The van der Waals surface area contributed by atoms with Gasteiger partial charge in [-0.1, -0.05) is 58.0 Å². The van der Waals surface area contributed by atoms with Crippen LogP contribution in [0.1, 0.15) is 60.5 Å². The molecule has 180 valence electrons. The first kappa shape index (κ1) is 27.4. The summed E-state index contributed by atoms with van der Waals surface area (Å²) in [6, 6.07) is 7.72. The predicted octanol–water partition coefficient (Wildman–Crippen LogP) is 3.53. The van der Waals surface area contributed by atoms with Crippen LogP contribution in [0, 0.1) is 11.8 Å². The van der Waals surface area contributed by atoms with Gasteiger partial charge in [0.15, 0.2) is 0 Å². The number of nitrogens with zero attached hydrogens (tertiary/aromatic N) is 1. The van der Waals surface area contributed by atoms with Crippen LogP contribution in [0.5, 0.6) is 0 Å². The van der Waals surface area contributed by atoms with Crippen molar-refractivity contribution >= 4 is 17.9 Å². The maximum Gasteiger partial charge on any atom is 0.408 e. The van der Waals surface area contributed by atoms with Crippen LogP contribution < -0.4 is 10.6 Å². The Kier molecular flexibility index (Phi) is 10.7. The summed E-state index contributed by atoms with van der Waals surface area (Å²) in [5.41, 5.74) is 0.291. The molecule has 0 unspecified atom stereocenters. The van der Waals surface area contributed by atoms with Gasteiger partial charge in [0, 0.05) is 0 Å². The summed E-state index contributed by atoms with van der Waals surface area (Å²) in [7, 11) is 0. The molecule has 2 atom stereocenters. The van der Waals surface area contributed by atoms with Crippen LogP contribution >= 0.6 is 0 Å². The van der Waals surface area contributed by atoms with E-state index in [1.807, 2.05) is 44.2 Å². The topological polar surface area (TPSA) is 108 Å². The average Bonchev–Trinajstić information content (AvgIpc) is 2.68. The maximum absolute atomic E-state index is 13.0. The molecular weight excluding hydrogens is 410 g/mol. The van der Waals surface area contributed by atoms with E-state index in [1.165, 1.54) is 0 Å². The van der Waals surface area contributed by atoms with Gasteiger partial charge in [0.05, 0.1) is 6.54 Å². The molecule has 3 N–H and O–H groups in total. The van der Waals surface area contributed by atoms with E-state index in [2.05, 4.69) is 10.6 Å². The van der Waals surface area contributed by atoms with E-state index >= 15 is 0 Å². The van der Waals surface area contributed by atoms with Crippen LogP contribution in [-0.2, 0) is 20.7 Å². The third-order valence-corrected chi connectivity index (χ3v) is 4.65. The third kappa shape index (κ3) is 10.1. The van der Waals surface area contributed by atoms with Gasteiger partial charge in [0.25, 0.3) is 5.91 Å². The fourth-order valence-corrected chi connectivity index (χ4v) is 3.09. The van der Waals surface area contributed by atoms with Crippen LogP contribution in [0.4, 0.5) is 4.79 Å². The SMILES string of the molecule is CC(C)C[C@H](NC(=O)[C@@H](NC(=O)OC(C)(C)C)C(C)C)C(=O)N(O)CCc1ccccc1. The Hall–Kier alpha value is -2.61. The highest BCUT2D eigenvalue weighted by atomic mass is 16.6. The Labute approximate surface area is 191 Å². The van der Waals surface area contributed by atoms with Gasteiger partial charge in [-0.2, -0.15) is 0 Å². The van der Waals surface area contributed by atoms with Crippen molar-refractivity contribution in [3.05, 3.63) is 35.9 Å². The summed E-state index contributed by atoms with van der Waals surface area (Å²) in [6.07, 6.45) is 0.134. The number of alkyl carbamates (subject to hydrolysis) is 1. The Bertz CT molecular complexity index is 744. The van der Waals surface area contributed by atoms with Crippen molar-refractivity contribution in [3.63, 3.8) is 0 Å². The van der Waals surface area contributed by atoms with Crippen molar-refractivity contribution in [2.75, 3.05) is 6.54 Å². The first-order valence-corrected chi connectivity index (χ1v) is 11.1. The lowest BCUT2D eigenvalue weighted by Gasteiger charge is -2.28. The van der Waals surface area contributed by atoms with Crippen molar-refractivity contribution in [2.24, 2.45) is 11.8 Å². The molecule has 0 heterocycles. The summed E-state index contributed by atoms with van der Waals surface area (Å²) < 4.78 is 5.25. The molecule has 1 rings (SSSR count). The van der Waals surface area contributed by atoms with E-state index in [9.17, 15) is 19.6 Å². The number of hydroxylamine groups is 2. The highest BCUT2D eigenvalue weighted by Crippen LogP contribution is 2.12. The molecule has 1 aromatic rings. The number of amides is 3. The van der Waals surface area contributed by atoms with Gasteiger partial charge in [-0.05, 0) is 51.0 Å². The second kappa shape index (κ2) is 12.4. The molecular formula is C24H39N3O5. The number of hydrogen-bond acceptors (Lipinski definition) is 5. The molecule has 0 saturated heterocycles. The summed E-state index contributed by atoms with van der Waals surface area (Å²) in [6.45, 7) is 12.8. The monoisotopic (exact) mass is 449 g/mol. The molecule has 0 aliphatic heterocycles. The van der Waals surface area contributed by atoms with E-state index in [0.29, 0.717) is 17.9 Å². The first-order valence-electron chi connectivity index (χ1n) is 11.1. The lowest BCUT2D eigenvalue weighted by molar-refractivity contribution is -0.168. The summed E-state index contributed by atoms with van der Waals surface area (Å²) >= 11 is 0. The Balaban J connectivity index is 2.84. The van der Waals surface area contributed by atoms with Gasteiger partial charge in [-0.25, -0.2) is 9.86 Å². The lowest BCUT2D eigenvalue weighted by atomic mass is 10.00. The standard InChI is InChI=1S/C24H39N3O5/c1-16(2)15-19(22(29)27(31)14-13-18-11-9-8-10-12-18)25-21(28)20(17(3)4)26-23(30)32-24(5,6)7/h8-12,16-17,19-20,31H,13-15H2,1-7H3,(H,25,28)(H,26,30)/t19-,20-/m0/s1. The molecule has 0 aliphatic rings. The molecule has 0 bridgehead atoms. The number of carbonyl (C=O) groups excluding carboxylic acids is 3. The smallest absolute Gasteiger partial charge is 0.408 e. The number of ether oxygens (including phenoxy) is 1. The van der Waals surface area contributed by atoms with E-state index in [0.717, 1.165) is 5.56 Å². The Morgan fingerprint density at radius 2 is 1.62 bits per heavy atom. The Morgan fingerprint density at radius 3 is 2.12 bits per heavy atom. The Morgan fingerprint density at radius 1 is 1.03 bits per heavy atom. The zero-order valence-electron chi connectivity index (χ0n) is 20.3. The number of rotatable bonds is 10. The normalized spacial score (nSPS) is 13.4. The maximum atomic E-state index is 13.0. The average molecular weight is 450 g/mol. The molecule has 3 amide bonds. The highest BCUT2D eigenvalue weighted by molar-refractivity contribution is 5.91. The minimum Gasteiger partial charge on any atom is -0.444 e. The van der Waals surface area contributed by atoms with Crippen LogP contribution in [-0.4, -0.2) is 52.4 Å². The van der Waals surface area contributed by atoms with E-state index in [-0.39, 0.29) is 18.4 Å². The van der Waals surface area contributed by atoms with Crippen molar-refractivity contribution in [1.29, 1.82) is 0 Å². The molecule has 0 radical (unpaired) electrons. The summed E-state index contributed by atoms with van der Waals surface area (Å²) in [4.78, 5) is 38.0. The number of benzene rings is 1. The largest absolute Gasteiger partial charge is 0.444 e. The van der Waals surface area contributed by atoms with Crippen LogP contribution in [0.15, 0.2) is 30.3 Å². The van der Waals surface area contributed by atoms with Gasteiger partial charge >= 0.3 is 6.09 Å². The van der Waals surface area contributed by atoms with E-state index in [4.69, 9.17) is 4.74 Å². The zero-order chi connectivity index (χ0) is 24.5. The molecule has 8 heteroatoms. The molecule has 32 heavy (non-hydrogen) atoms. The van der Waals surface area contributed by atoms with Gasteiger partial charge in [-0.15, -0.1) is 0 Å². The lowest BCUT2D eigenvalue weighted by Crippen LogP contribution is -2.56. The summed E-state index contributed by atoms with van der Waals surface area (Å²) in [5.74, 6) is -1.22. The van der Waals surface area contributed by atoms with Gasteiger partial charge < -0.3 is 15.4 Å². The van der Waals surface area contributed by atoms with Gasteiger partial charge in [0.1, 0.15) is 17.7 Å². The van der Waals surface area contributed by atoms with Crippen molar-refractivity contribution in [1.82, 2.24) is 15.7 Å². The summed E-state index contributed by atoms with van der Waals surface area (Å²) in [5, 5.41) is 16.3. The number of nitrogens with one attached hydrogen (secondary N) is 2. The van der Waals surface area contributed by atoms with Crippen LogP contribution in [0.25, 0.3) is 0 Å². The van der Waals surface area contributed by atoms with Crippen LogP contribution in [0.3, 0.4) is 0 Å². The molecule has 0 aliphatic carbocycles. The number of hydrogen-bond donors (Lipinski definition) is 3. The van der Waals surface area contributed by atoms with Crippen molar-refractivity contribution < 1.29 is 24.3 Å². The highest BCUT2D eigenvalue weighted by Gasteiger charge is 2.32. The van der Waals surface area contributed by atoms with Crippen molar-refractivity contribution in [2.45, 2.75) is 79.0 Å². The van der Waals surface area contributed by atoms with E-state index < -0.39 is 35.6 Å². The molecule has 0 saturated carbocycles. The van der Waals surface area contributed by atoms with Crippen molar-refractivity contribution in [3.8, 4) is 0 Å². The van der Waals surface area contributed by atoms with Gasteiger partial charge in [-0.3, -0.25) is 14.8 Å². The zero-order valence-corrected chi connectivity index (χ0v) is 20.3.